The lowest BCUT2D eigenvalue weighted by atomic mass is 10.2. The number of nitrogens with one attached hydrogen (secondary N) is 2. The number of hydrogen-bond donors (Lipinski definition) is 2. The molecular weight excluding hydrogens is 496 g/mol. The van der Waals surface area contributed by atoms with Crippen LogP contribution in [-0.2, 0) is 6.54 Å². The smallest absolute Gasteiger partial charge is 0.191 e. The largest absolute Gasteiger partial charge is 0.493 e. The molecule has 2 N–H and O–H groups in total. The van der Waals surface area contributed by atoms with Gasteiger partial charge < -0.3 is 20.3 Å². The van der Waals surface area contributed by atoms with Crippen molar-refractivity contribution in [3.63, 3.8) is 0 Å². The molecule has 1 aromatic carbocycles. The number of rotatable bonds is 7. The Labute approximate surface area is 195 Å². The van der Waals surface area contributed by atoms with Gasteiger partial charge in [-0.2, -0.15) is 0 Å². The lowest BCUT2D eigenvalue weighted by Crippen LogP contribution is -2.44. The van der Waals surface area contributed by atoms with E-state index in [1.54, 1.807) is 19.3 Å². The van der Waals surface area contributed by atoms with Gasteiger partial charge in [-0.25, -0.2) is 9.37 Å². The van der Waals surface area contributed by atoms with Gasteiger partial charge in [0.05, 0.1) is 6.61 Å². The van der Waals surface area contributed by atoms with Crippen LogP contribution in [-0.4, -0.2) is 43.7 Å². The third-order valence-corrected chi connectivity index (χ3v) is 4.76. The molecule has 1 atom stereocenters. The fourth-order valence-corrected chi connectivity index (χ4v) is 3.22. The molecular formula is C22H31FIN5O. The Morgan fingerprint density at radius 2 is 2.07 bits per heavy atom. The third-order valence-electron chi connectivity index (χ3n) is 4.76. The number of aromatic nitrogens is 1. The van der Waals surface area contributed by atoms with E-state index in [0.717, 1.165) is 36.8 Å². The van der Waals surface area contributed by atoms with Crippen molar-refractivity contribution in [2.75, 3.05) is 31.6 Å². The first-order valence-electron chi connectivity index (χ1n) is 10.1. The molecule has 0 radical (unpaired) electrons. The average Bonchev–Trinajstić information content (AvgIpc) is 3.19. The molecule has 0 aliphatic carbocycles. The standard InChI is InChI=1S/C22H30FN5O.HI/c1-16(2)15-29-19-8-6-17(7-9-19)13-26-22(24-3)27-18-10-12-28(14-18)21-20(23)5-4-11-25-21;/h4-9,11,16,18H,10,12-15H2,1-3H3,(H2,24,26,27);1H. The van der Waals surface area contributed by atoms with Crippen LogP contribution in [0.5, 0.6) is 5.75 Å². The molecule has 1 unspecified atom stereocenters. The molecule has 0 amide bonds. The highest BCUT2D eigenvalue weighted by Gasteiger charge is 2.25. The molecule has 0 spiro atoms. The number of hydrogen-bond acceptors (Lipinski definition) is 4. The first-order chi connectivity index (χ1) is 14.0. The van der Waals surface area contributed by atoms with Gasteiger partial charge in [0.25, 0.3) is 0 Å². The minimum absolute atomic E-state index is 0. The van der Waals surface area contributed by atoms with Crippen molar-refractivity contribution in [3.05, 3.63) is 54.0 Å². The molecule has 1 saturated heterocycles. The molecule has 2 aromatic rings. The average molecular weight is 527 g/mol. The van der Waals surface area contributed by atoms with Crippen LogP contribution in [0.2, 0.25) is 0 Å². The lowest BCUT2D eigenvalue weighted by molar-refractivity contribution is 0.271. The summed E-state index contributed by atoms with van der Waals surface area (Å²) in [5, 5.41) is 6.76. The molecule has 1 fully saturated rings. The van der Waals surface area contributed by atoms with Gasteiger partial charge in [0.2, 0.25) is 0 Å². The van der Waals surface area contributed by atoms with E-state index in [0.29, 0.717) is 24.8 Å². The number of ether oxygens (including phenoxy) is 1. The van der Waals surface area contributed by atoms with Crippen molar-refractivity contribution in [3.8, 4) is 5.75 Å². The minimum atomic E-state index is -0.281. The summed E-state index contributed by atoms with van der Waals surface area (Å²) in [6, 6.07) is 11.3. The van der Waals surface area contributed by atoms with Crippen molar-refractivity contribution in [1.29, 1.82) is 0 Å². The van der Waals surface area contributed by atoms with Crippen molar-refractivity contribution in [2.45, 2.75) is 32.9 Å². The SMILES string of the molecule is CN=C(NCc1ccc(OCC(C)C)cc1)NC1CCN(c2ncccc2F)C1.I. The Morgan fingerprint density at radius 1 is 1.30 bits per heavy atom. The normalized spacial score (nSPS) is 16.4. The van der Waals surface area contributed by atoms with Gasteiger partial charge in [0.15, 0.2) is 17.6 Å². The second-order valence-corrected chi connectivity index (χ2v) is 7.66. The van der Waals surface area contributed by atoms with Gasteiger partial charge in [0.1, 0.15) is 5.75 Å². The summed E-state index contributed by atoms with van der Waals surface area (Å²) < 4.78 is 19.7. The highest BCUT2D eigenvalue weighted by molar-refractivity contribution is 14.0. The zero-order valence-electron chi connectivity index (χ0n) is 17.8. The summed E-state index contributed by atoms with van der Waals surface area (Å²) >= 11 is 0. The highest BCUT2D eigenvalue weighted by Crippen LogP contribution is 2.20. The Morgan fingerprint density at radius 3 is 2.73 bits per heavy atom. The number of anilines is 1. The van der Waals surface area contributed by atoms with Gasteiger partial charge in [-0.05, 0) is 42.2 Å². The van der Waals surface area contributed by atoms with Gasteiger partial charge in [0, 0.05) is 38.9 Å². The summed E-state index contributed by atoms with van der Waals surface area (Å²) in [4.78, 5) is 10.4. The first-order valence-corrected chi connectivity index (χ1v) is 10.1. The quantitative estimate of drug-likeness (QED) is 0.326. The van der Waals surface area contributed by atoms with Crippen LogP contribution in [0.4, 0.5) is 10.2 Å². The molecule has 3 rings (SSSR count). The summed E-state index contributed by atoms with van der Waals surface area (Å²) in [6.45, 7) is 7.10. The molecule has 30 heavy (non-hydrogen) atoms. The van der Waals surface area contributed by atoms with E-state index in [4.69, 9.17) is 4.74 Å². The molecule has 1 aromatic heterocycles. The Kier molecular flexibility index (Phi) is 9.61. The minimum Gasteiger partial charge on any atom is -0.493 e. The fraction of sp³-hybridized carbons (Fsp3) is 0.455. The van der Waals surface area contributed by atoms with Gasteiger partial charge in [-0.15, -0.1) is 24.0 Å². The Bertz CT molecular complexity index is 815. The van der Waals surface area contributed by atoms with Crippen molar-refractivity contribution < 1.29 is 9.13 Å². The van der Waals surface area contributed by atoms with E-state index in [1.165, 1.54) is 6.07 Å². The van der Waals surface area contributed by atoms with E-state index in [2.05, 4.69) is 46.6 Å². The molecule has 1 aliphatic rings. The number of aliphatic imine (C=N–C) groups is 1. The lowest BCUT2D eigenvalue weighted by Gasteiger charge is -2.20. The molecule has 0 bridgehead atoms. The van der Waals surface area contributed by atoms with Crippen LogP contribution in [0, 0.1) is 11.7 Å². The van der Waals surface area contributed by atoms with Crippen LogP contribution in [0.15, 0.2) is 47.6 Å². The van der Waals surface area contributed by atoms with E-state index < -0.39 is 0 Å². The number of guanidine groups is 1. The number of pyridine rings is 1. The Balaban J connectivity index is 0.00000320. The molecule has 8 heteroatoms. The predicted molar refractivity (Wildman–Crippen MR) is 130 cm³/mol. The summed E-state index contributed by atoms with van der Waals surface area (Å²) in [6.07, 6.45) is 2.53. The zero-order chi connectivity index (χ0) is 20.6. The zero-order valence-corrected chi connectivity index (χ0v) is 20.1. The highest BCUT2D eigenvalue weighted by atomic mass is 127. The van der Waals surface area contributed by atoms with Crippen molar-refractivity contribution >= 4 is 35.8 Å². The molecule has 164 valence electrons. The molecule has 6 nitrogen and oxygen atoms in total. The van der Waals surface area contributed by atoms with Gasteiger partial charge in [-0.3, -0.25) is 4.99 Å². The fourth-order valence-electron chi connectivity index (χ4n) is 3.22. The number of nitrogens with zero attached hydrogens (tertiary/aromatic N) is 3. The summed E-state index contributed by atoms with van der Waals surface area (Å²) in [7, 11) is 1.75. The van der Waals surface area contributed by atoms with Crippen LogP contribution < -0.4 is 20.3 Å². The van der Waals surface area contributed by atoms with Gasteiger partial charge in [-0.1, -0.05) is 26.0 Å². The van der Waals surface area contributed by atoms with Crippen LogP contribution >= 0.6 is 24.0 Å². The summed E-state index contributed by atoms with van der Waals surface area (Å²) in [5.74, 6) is 2.26. The first kappa shape index (κ1) is 24.2. The number of halogens is 2. The van der Waals surface area contributed by atoms with E-state index in [1.807, 2.05) is 17.0 Å². The van der Waals surface area contributed by atoms with Crippen LogP contribution in [0.1, 0.15) is 25.8 Å². The third kappa shape index (κ3) is 7.00. The second-order valence-electron chi connectivity index (χ2n) is 7.66. The predicted octanol–water partition coefficient (Wildman–Crippen LogP) is 3.82. The van der Waals surface area contributed by atoms with Crippen LogP contribution in [0.3, 0.4) is 0 Å². The number of benzene rings is 1. The van der Waals surface area contributed by atoms with Gasteiger partial charge >= 0.3 is 0 Å². The van der Waals surface area contributed by atoms with Crippen LogP contribution in [0.25, 0.3) is 0 Å². The molecule has 1 aliphatic heterocycles. The molecule has 0 saturated carbocycles. The maximum absolute atomic E-state index is 14.0. The van der Waals surface area contributed by atoms with E-state index in [-0.39, 0.29) is 35.8 Å². The summed E-state index contributed by atoms with van der Waals surface area (Å²) in [5.41, 5.74) is 1.15. The monoisotopic (exact) mass is 527 g/mol. The van der Waals surface area contributed by atoms with Crippen molar-refractivity contribution in [1.82, 2.24) is 15.6 Å². The van der Waals surface area contributed by atoms with E-state index >= 15 is 0 Å². The molecule has 2 heterocycles. The Hall–Kier alpha value is -2.10. The maximum atomic E-state index is 14.0. The van der Waals surface area contributed by atoms with E-state index in [9.17, 15) is 4.39 Å². The second kappa shape index (κ2) is 11.9. The van der Waals surface area contributed by atoms with Crippen molar-refractivity contribution in [2.24, 2.45) is 10.9 Å². The topological polar surface area (TPSA) is 61.8 Å². The maximum Gasteiger partial charge on any atom is 0.191 e.